The van der Waals surface area contributed by atoms with Crippen LogP contribution in [0.25, 0.3) is 0 Å². The highest BCUT2D eigenvalue weighted by molar-refractivity contribution is 6.01. The van der Waals surface area contributed by atoms with Crippen LogP contribution in [0.15, 0.2) is 36.4 Å². The lowest BCUT2D eigenvalue weighted by Crippen LogP contribution is -2.25. The highest BCUT2D eigenvalue weighted by atomic mass is 19.4. The van der Waals surface area contributed by atoms with Gasteiger partial charge in [0.1, 0.15) is 11.5 Å². The molecule has 29 heavy (non-hydrogen) atoms. The fraction of sp³-hybridized carbons (Fsp3) is 0.222. The summed E-state index contributed by atoms with van der Waals surface area (Å²) in [6.45, 7) is -1.01. The zero-order chi connectivity index (χ0) is 21.4. The van der Waals surface area contributed by atoms with Crippen LogP contribution in [0.2, 0.25) is 0 Å². The molecule has 1 aliphatic heterocycles. The number of rotatable bonds is 4. The van der Waals surface area contributed by atoms with Crippen LogP contribution in [0.4, 0.5) is 32.0 Å². The molecule has 1 heterocycles. The highest BCUT2D eigenvalue weighted by Crippen LogP contribution is 2.38. The maximum Gasteiger partial charge on any atom is 0.416 e. The van der Waals surface area contributed by atoms with Crippen LogP contribution in [0.5, 0.6) is 11.5 Å². The molecule has 5 nitrogen and oxygen atoms in total. The summed E-state index contributed by atoms with van der Waals surface area (Å²) < 4.78 is 87.1. The number of amides is 1. The molecular formula is C18H11F6NO4. The first-order chi connectivity index (χ1) is 13.4. The molecule has 3 rings (SSSR count). The van der Waals surface area contributed by atoms with Crippen LogP contribution < -0.4 is 14.8 Å². The van der Waals surface area contributed by atoms with Gasteiger partial charge in [-0.25, -0.2) is 0 Å². The molecular weight excluding hydrogens is 408 g/mol. The summed E-state index contributed by atoms with van der Waals surface area (Å²) in [6, 6.07) is 4.71. The Labute approximate surface area is 159 Å². The lowest BCUT2D eigenvalue weighted by molar-refractivity contribution is -0.143. The van der Waals surface area contributed by atoms with Gasteiger partial charge in [0.25, 0.3) is 5.91 Å². The monoisotopic (exact) mass is 419 g/mol. The van der Waals surface area contributed by atoms with Crippen LogP contribution in [0, 0.1) is 0 Å². The number of halogens is 6. The number of hydrogen-bond donors (Lipinski definition) is 1. The van der Waals surface area contributed by atoms with Crippen LogP contribution in [0.1, 0.15) is 21.5 Å². The van der Waals surface area contributed by atoms with E-state index >= 15 is 0 Å². The molecule has 154 valence electrons. The molecule has 0 unspecified atom stereocenters. The molecule has 2 aromatic carbocycles. The van der Waals surface area contributed by atoms with Crippen LogP contribution in [-0.4, -0.2) is 24.9 Å². The molecule has 11 heteroatoms. The van der Waals surface area contributed by atoms with Crippen molar-refractivity contribution >= 4 is 17.4 Å². The number of hydrogen-bond acceptors (Lipinski definition) is 4. The lowest BCUT2D eigenvalue weighted by atomic mass is 10.1. The van der Waals surface area contributed by atoms with Crippen LogP contribution in [0.3, 0.4) is 0 Å². The van der Waals surface area contributed by atoms with Crippen molar-refractivity contribution in [1.82, 2.24) is 0 Å². The molecule has 0 aromatic heterocycles. The number of benzene rings is 2. The van der Waals surface area contributed by atoms with Gasteiger partial charge in [0.15, 0.2) is 19.0 Å². The van der Waals surface area contributed by atoms with E-state index in [1.165, 1.54) is 18.2 Å². The van der Waals surface area contributed by atoms with Crippen molar-refractivity contribution in [2.75, 3.05) is 18.5 Å². The first-order valence-corrected chi connectivity index (χ1v) is 7.95. The third-order valence-electron chi connectivity index (χ3n) is 3.87. The Morgan fingerprint density at radius 3 is 2.21 bits per heavy atom. The van der Waals surface area contributed by atoms with E-state index in [1.807, 2.05) is 0 Å². The third-order valence-corrected chi connectivity index (χ3v) is 3.87. The Balaban J connectivity index is 1.79. The minimum Gasteiger partial charge on any atom is -0.485 e. The van der Waals surface area contributed by atoms with Gasteiger partial charge in [-0.15, -0.1) is 0 Å². The minimum absolute atomic E-state index is 0.0255. The number of alkyl halides is 6. The van der Waals surface area contributed by atoms with Gasteiger partial charge in [0, 0.05) is 5.56 Å². The molecule has 0 spiro atoms. The van der Waals surface area contributed by atoms with Crippen molar-refractivity contribution in [3.63, 3.8) is 0 Å². The van der Waals surface area contributed by atoms with Crippen molar-refractivity contribution in [1.29, 1.82) is 0 Å². The fourth-order valence-corrected chi connectivity index (χ4v) is 2.50. The summed E-state index contributed by atoms with van der Waals surface area (Å²) in [5.74, 6) is -1.61. The number of nitrogens with one attached hydrogen (secondary N) is 1. The van der Waals surface area contributed by atoms with Crippen molar-refractivity contribution in [2.24, 2.45) is 0 Å². The number of carbonyl (C=O) groups excluding carboxylic acids is 2. The molecule has 0 fully saturated rings. The molecule has 0 radical (unpaired) electrons. The second-order valence-electron chi connectivity index (χ2n) is 6.00. The molecule has 0 bridgehead atoms. The Morgan fingerprint density at radius 2 is 1.62 bits per heavy atom. The van der Waals surface area contributed by atoms with Gasteiger partial charge in [-0.2, -0.15) is 26.3 Å². The maximum atomic E-state index is 12.9. The summed E-state index contributed by atoms with van der Waals surface area (Å²) in [4.78, 5) is 23.5. The Kier molecular flexibility index (Phi) is 5.16. The maximum absolute atomic E-state index is 12.9. The molecule has 0 saturated heterocycles. The second kappa shape index (κ2) is 7.30. The summed E-state index contributed by atoms with van der Waals surface area (Å²) in [5, 5.41) is 2.47. The van der Waals surface area contributed by atoms with Gasteiger partial charge < -0.3 is 14.8 Å². The van der Waals surface area contributed by atoms with E-state index in [0.717, 1.165) is 0 Å². The second-order valence-corrected chi connectivity index (χ2v) is 6.00. The quantitative estimate of drug-likeness (QED) is 0.593. The molecule has 1 aliphatic rings. The lowest BCUT2D eigenvalue weighted by Gasteiger charge is -2.18. The average Bonchev–Trinajstić information content (AvgIpc) is 2.63. The summed E-state index contributed by atoms with van der Waals surface area (Å²) in [5.41, 5.74) is -2.87. The van der Waals surface area contributed by atoms with Crippen molar-refractivity contribution in [3.05, 3.63) is 53.1 Å². The standard InChI is InChI=1S/C18H11F6NO4/c19-17(20,21)10-4-11(18(22,23)24)6-12(5-10)28-7-14(26)9-1-2-15-13(3-9)25-16(27)8-29-15/h1-6H,7-8H2,(H,25,27). The summed E-state index contributed by atoms with van der Waals surface area (Å²) in [6.07, 6.45) is -10.1. The molecule has 1 N–H and O–H groups in total. The van der Waals surface area contributed by atoms with Crippen molar-refractivity contribution in [3.8, 4) is 11.5 Å². The van der Waals surface area contributed by atoms with Gasteiger partial charge in [0.2, 0.25) is 0 Å². The van der Waals surface area contributed by atoms with Gasteiger partial charge in [-0.3, -0.25) is 9.59 Å². The number of anilines is 1. The van der Waals surface area contributed by atoms with E-state index in [9.17, 15) is 35.9 Å². The van der Waals surface area contributed by atoms with Crippen molar-refractivity contribution < 1.29 is 45.4 Å². The van der Waals surface area contributed by atoms with E-state index in [-0.39, 0.29) is 23.9 Å². The highest BCUT2D eigenvalue weighted by Gasteiger charge is 2.37. The van der Waals surface area contributed by atoms with E-state index in [1.54, 1.807) is 0 Å². The SMILES string of the molecule is O=C1COc2ccc(C(=O)COc3cc(C(F)(F)F)cc(C(F)(F)F)c3)cc2N1. The normalized spacial score (nSPS) is 13.9. The first-order valence-electron chi connectivity index (χ1n) is 7.95. The number of ketones is 1. The largest absolute Gasteiger partial charge is 0.485 e. The van der Waals surface area contributed by atoms with Gasteiger partial charge in [0.05, 0.1) is 16.8 Å². The van der Waals surface area contributed by atoms with E-state index in [0.29, 0.717) is 17.9 Å². The van der Waals surface area contributed by atoms with Crippen LogP contribution in [-0.2, 0) is 17.1 Å². The zero-order valence-corrected chi connectivity index (χ0v) is 14.3. The number of fused-ring (bicyclic) bond motifs is 1. The zero-order valence-electron chi connectivity index (χ0n) is 14.3. The van der Waals surface area contributed by atoms with Gasteiger partial charge in [-0.1, -0.05) is 0 Å². The summed E-state index contributed by atoms with van der Waals surface area (Å²) >= 11 is 0. The Hall–Kier alpha value is -3.24. The summed E-state index contributed by atoms with van der Waals surface area (Å²) in [7, 11) is 0. The predicted molar refractivity (Wildman–Crippen MR) is 86.8 cm³/mol. The number of carbonyl (C=O) groups is 2. The van der Waals surface area contributed by atoms with Gasteiger partial charge >= 0.3 is 12.4 Å². The number of Topliss-reactive ketones (excluding diaryl/α,β-unsaturated/α-hetero) is 1. The third kappa shape index (κ3) is 4.79. The van der Waals surface area contributed by atoms with E-state index in [2.05, 4.69) is 5.32 Å². The Bertz CT molecular complexity index is 936. The van der Waals surface area contributed by atoms with E-state index in [4.69, 9.17) is 9.47 Å². The molecule has 1 amide bonds. The van der Waals surface area contributed by atoms with E-state index < -0.39 is 47.5 Å². The van der Waals surface area contributed by atoms with Gasteiger partial charge in [-0.05, 0) is 36.4 Å². The number of ether oxygens (including phenoxy) is 2. The predicted octanol–water partition coefficient (Wildman–Crippen LogP) is 4.32. The molecule has 0 aliphatic carbocycles. The fourth-order valence-electron chi connectivity index (χ4n) is 2.50. The molecule has 0 saturated carbocycles. The molecule has 0 atom stereocenters. The minimum atomic E-state index is -5.03. The van der Waals surface area contributed by atoms with Crippen LogP contribution >= 0.6 is 0 Å². The smallest absolute Gasteiger partial charge is 0.416 e. The average molecular weight is 419 g/mol. The topological polar surface area (TPSA) is 64.6 Å². The molecule has 2 aromatic rings. The van der Waals surface area contributed by atoms with Crippen molar-refractivity contribution in [2.45, 2.75) is 12.4 Å². The first kappa shape index (κ1) is 20.5. The Morgan fingerprint density at radius 1 is 1.00 bits per heavy atom.